The Bertz CT molecular complexity index is 705. The SMILES string of the molecule is CCN(CC)C[C@@H](O)Cn1c2ccccc2c2ccccc21. The first kappa shape index (κ1) is 15.1. The number of rotatable bonds is 6. The smallest absolute Gasteiger partial charge is 0.0845 e. The van der Waals surface area contributed by atoms with Crippen molar-refractivity contribution in [3.05, 3.63) is 48.5 Å². The Kier molecular flexibility index (Phi) is 4.46. The van der Waals surface area contributed by atoms with Crippen molar-refractivity contribution in [1.29, 1.82) is 0 Å². The summed E-state index contributed by atoms with van der Waals surface area (Å²) in [6.07, 6.45) is -0.362. The lowest BCUT2D eigenvalue weighted by Gasteiger charge is -2.22. The van der Waals surface area contributed by atoms with Gasteiger partial charge in [0, 0.05) is 28.4 Å². The molecule has 3 nitrogen and oxygen atoms in total. The fourth-order valence-electron chi connectivity index (χ4n) is 3.25. The van der Waals surface area contributed by atoms with E-state index in [9.17, 15) is 5.11 Å². The average Bonchev–Trinajstić information content (AvgIpc) is 2.87. The highest BCUT2D eigenvalue weighted by Crippen LogP contribution is 2.28. The molecule has 22 heavy (non-hydrogen) atoms. The number of hydrogen-bond acceptors (Lipinski definition) is 2. The van der Waals surface area contributed by atoms with Gasteiger partial charge in [-0.2, -0.15) is 0 Å². The summed E-state index contributed by atoms with van der Waals surface area (Å²) in [5, 5.41) is 13.0. The molecule has 0 aliphatic heterocycles. The molecule has 1 atom stereocenters. The quantitative estimate of drug-likeness (QED) is 0.754. The van der Waals surface area contributed by atoms with Crippen LogP contribution in [-0.2, 0) is 6.54 Å². The molecule has 3 heteroatoms. The third kappa shape index (κ3) is 2.74. The largest absolute Gasteiger partial charge is 0.390 e. The molecule has 0 saturated heterocycles. The highest BCUT2D eigenvalue weighted by Gasteiger charge is 2.14. The van der Waals surface area contributed by atoms with Gasteiger partial charge in [0.2, 0.25) is 0 Å². The lowest BCUT2D eigenvalue weighted by Crippen LogP contribution is -2.34. The minimum absolute atomic E-state index is 0.362. The summed E-state index contributed by atoms with van der Waals surface area (Å²) >= 11 is 0. The molecule has 0 bridgehead atoms. The Morgan fingerprint density at radius 2 is 1.41 bits per heavy atom. The first-order valence-corrected chi connectivity index (χ1v) is 8.11. The summed E-state index contributed by atoms with van der Waals surface area (Å²) in [5.41, 5.74) is 2.39. The van der Waals surface area contributed by atoms with Crippen LogP contribution in [0.5, 0.6) is 0 Å². The molecule has 2 aromatic carbocycles. The fraction of sp³-hybridized carbons (Fsp3) is 0.368. The standard InChI is InChI=1S/C19H24N2O/c1-3-20(4-2)13-15(22)14-21-18-11-7-5-9-16(18)17-10-6-8-12-19(17)21/h5-12,15,22H,3-4,13-14H2,1-2H3/t15-/m1/s1. The van der Waals surface area contributed by atoms with Crippen molar-refractivity contribution in [3.63, 3.8) is 0 Å². The summed E-state index contributed by atoms with van der Waals surface area (Å²) in [4.78, 5) is 2.26. The molecule has 3 aromatic rings. The molecule has 0 radical (unpaired) electrons. The summed E-state index contributed by atoms with van der Waals surface area (Å²) < 4.78 is 2.25. The van der Waals surface area contributed by atoms with Crippen molar-refractivity contribution in [1.82, 2.24) is 9.47 Å². The molecule has 116 valence electrons. The predicted molar refractivity (Wildman–Crippen MR) is 93.2 cm³/mol. The van der Waals surface area contributed by atoms with Gasteiger partial charge in [-0.25, -0.2) is 0 Å². The third-order valence-electron chi connectivity index (χ3n) is 4.44. The van der Waals surface area contributed by atoms with Gasteiger partial charge in [-0.1, -0.05) is 50.2 Å². The number of fused-ring (bicyclic) bond motifs is 3. The van der Waals surface area contributed by atoms with Crippen LogP contribution in [0.4, 0.5) is 0 Å². The van der Waals surface area contributed by atoms with Crippen molar-refractivity contribution in [2.45, 2.75) is 26.5 Å². The van der Waals surface area contributed by atoms with Crippen LogP contribution in [0.25, 0.3) is 21.8 Å². The topological polar surface area (TPSA) is 28.4 Å². The first-order valence-electron chi connectivity index (χ1n) is 8.11. The molecule has 0 unspecified atom stereocenters. The van der Waals surface area contributed by atoms with Crippen LogP contribution < -0.4 is 0 Å². The van der Waals surface area contributed by atoms with Gasteiger partial charge < -0.3 is 14.6 Å². The van der Waals surface area contributed by atoms with Crippen molar-refractivity contribution >= 4 is 21.8 Å². The van der Waals surface area contributed by atoms with Crippen molar-refractivity contribution in [2.75, 3.05) is 19.6 Å². The van der Waals surface area contributed by atoms with Gasteiger partial charge in [-0.05, 0) is 25.2 Å². The second-order valence-corrected chi connectivity index (χ2v) is 5.78. The number of aliphatic hydroxyl groups excluding tert-OH is 1. The zero-order valence-electron chi connectivity index (χ0n) is 13.4. The normalized spacial score (nSPS) is 13.3. The molecule has 3 rings (SSSR count). The zero-order chi connectivity index (χ0) is 15.5. The molecule has 1 aromatic heterocycles. The monoisotopic (exact) mass is 296 g/mol. The van der Waals surface area contributed by atoms with E-state index in [1.807, 2.05) is 0 Å². The molecule has 1 N–H and O–H groups in total. The maximum atomic E-state index is 10.5. The van der Waals surface area contributed by atoms with Gasteiger partial charge in [0.1, 0.15) is 0 Å². The minimum Gasteiger partial charge on any atom is -0.390 e. The Morgan fingerprint density at radius 1 is 0.909 bits per heavy atom. The van der Waals surface area contributed by atoms with E-state index in [0.29, 0.717) is 13.1 Å². The Balaban J connectivity index is 1.98. The molecule has 0 fully saturated rings. The van der Waals surface area contributed by atoms with Gasteiger partial charge in [0.25, 0.3) is 0 Å². The summed E-state index contributed by atoms with van der Waals surface area (Å²) in [6, 6.07) is 16.9. The van der Waals surface area contributed by atoms with Crippen LogP contribution in [0, 0.1) is 0 Å². The molecule has 0 amide bonds. The number of nitrogens with zero attached hydrogens (tertiary/aromatic N) is 2. The molecule has 1 heterocycles. The Labute approximate surface area is 131 Å². The van der Waals surface area contributed by atoms with Crippen molar-refractivity contribution < 1.29 is 5.11 Å². The zero-order valence-corrected chi connectivity index (χ0v) is 13.4. The highest BCUT2D eigenvalue weighted by atomic mass is 16.3. The van der Waals surface area contributed by atoms with E-state index in [-0.39, 0.29) is 6.10 Å². The van der Waals surface area contributed by atoms with Crippen LogP contribution in [0.2, 0.25) is 0 Å². The molecule has 0 aliphatic carbocycles. The lowest BCUT2D eigenvalue weighted by atomic mass is 10.2. The van der Waals surface area contributed by atoms with E-state index in [1.165, 1.54) is 21.8 Å². The van der Waals surface area contributed by atoms with E-state index in [1.54, 1.807) is 0 Å². The van der Waals surface area contributed by atoms with E-state index in [2.05, 4.69) is 71.8 Å². The van der Waals surface area contributed by atoms with Crippen LogP contribution in [0.15, 0.2) is 48.5 Å². The van der Waals surface area contributed by atoms with Gasteiger partial charge in [0.05, 0.1) is 12.6 Å². The van der Waals surface area contributed by atoms with Crippen LogP contribution in [-0.4, -0.2) is 40.3 Å². The van der Waals surface area contributed by atoms with E-state index in [0.717, 1.165) is 13.1 Å². The highest BCUT2D eigenvalue weighted by molar-refractivity contribution is 6.07. The summed E-state index contributed by atoms with van der Waals surface area (Å²) in [7, 11) is 0. The number of hydrogen-bond donors (Lipinski definition) is 1. The summed E-state index contributed by atoms with van der Waals surface area (Å²) in [6.45, 7) is 7.56. The van der Waals surface area contributed by atoms with Gasteiger partial charge in [-0.15, -0.1) is 0 Å². The van der Waals surface area contributed by atoms with Crippen molar-refractivity contribution in [3.8, 4) is 0 Å². The average molecular weight is 296 g/mol. The molecule has 0 aliphatic rings. The maximum Gasteiger partial charge on any atom is 0.0845 e. The molecule has 0 spiro atoms. The Hall–Kier alpha value is -1.84. The third-order valence-corrected chi connectivity index (χ3v) is 4.44. The Morgan fingerprint density at radius 3 is 1.91 bits per heavy atom. The number of aliphatic hydroxyl groups is 1. The number of likely N-dealkylation sites (N-methyl/N-ethyl adjacent to an activating group) is 1. The predicted octanol–water partition coefficient (Wildman–Crippen LogP) is 3.50. The van der Waals surface area contributed by atoms with Gasteiger partial charge in [0.15, 0.2) is 0 Å². The molecule has 0 saturated carbocycles. The number of aromatic nitrogens is 1. The lowest BCUT2D eigenvalue weighted by molar-refractivity contribution is 0.105. The molecular weight excluding hydrogens is 272 g/mol. The van der Waals surface area contributed by atoms with Crippen LogP contribution in [0.3, 0.4) is 0 Å². The summed E-state index contributed by atoms with van der Waals surface area (Å²) in [5.74, 6) is 0. The number of para-hydroxylation sites is 2. The number of benzene rings is 2. The van der Waals surface area contributed by atoms with Gasteiger partial charge in [-0.3, -0.25) is 0 Å². The fourth-order valence-corrected chi connectivity index (χ4v) is 3.25. The van der Waals surface area contributed by atoms with E-state index >= 15 is 0 Å². The second-order valence-electron chi connectivity index (χ2n) is 5.78. The van der Waals surface area contributed by atoms with Crippen molar-refractivity contribution in [2.24, 2.45) is 0 Å². The van der Waals surface area contributed by atoms with E-state index < -0.39 is 0 Å². The van der Waals surface area contributed by atoms with Crippen LogP contribution >= 0.6 is 0 Å². The molecular formula is C19H24N2O. The second kappa shape index (κ2) is 6.51. The van der Waals surface area contributed by atoms with E-state index in [4.69, 9.17) is 0 Å². The maximum absolute atomic E-state index is 10.5. The first-order chi connectivity index (χ1) is 10.7. The van der Waals surface area contributed by atoms with Gasteiger partial charge >= 0.3 is 0 Å². The minimum atomic E-state index is -0.362. The van der Waals surface area contributed by atoms with Crippen LogP contribution in [0.1, 0.15) is 13.8 Å².